The third kappa shape index (κ3) is 5.61. The number of carbonyl (C=O) groups excluding carboxylic acids is 2. The number of nitrogens with zero attached hydrogens (tertiary/aromatic N) is 3. The zero-order chi connectivity index (χ0) is 23.3. The lowest BCUT2D eigenvalue weighted by Gasteiger charge is -2.34. The van der Waals surface area contributed by atoms with Gasteiger partial charge in [-0.15, -0.1) is 0 Å². The van der Waals surface area contributed by atoms with E-state index in [1.807, 2.05) is 47.2 Å². The zero-order valence-electron chi connectivity index (χ0n) is 19.6. The molecule has 1 atom stereocenters. The Morgan fingerprint density at radius 2 is 1.91 bits per heavy atom. The molecule has 1 saturated carbocycles. The molecule has 0 spiro atoms. The molecule has 4 rings (SSSR count). The van der Waals surface area contributed by atoms with Gasteiger partial charge in [0, 0.05) is 44.1 Å². The summed E-state index contributed by atoms with van der Waals surface area (Å²) < 4.78 is 0. The first-order valence-corrected chi connectivity index (χ1v) is 12.3. The van der Waals surface area contributed by atoms with Gasteiger partial charge in [0.15, 0.2) is 0 Å². The number of pyridine rings is 1. The Hall–Kier alpha value is -2.73. The second-order valence-electron chi connectivity index (χ2n) is 9.52. The summed E-state index contributed by atoms with van der Waals surface area (Å²) >= 11 is 0. The van der Waals surface area contributed by atoms with E-state index in [-0.39, 0.29) is 24.2 Å². The van der Waals surface area contributed by atoms with Crippen molar-refractivity contribution >= 4 is 11.8 Å². The van der Waals surface area contributed by atoms with Crippen LogP contribution in [-0.2, 0) is 16.0 Å². The van der Waals surface area contributed by atoms with E-state index in [1.54, 1.807) is 6.20 Å². The standard InChI is InChI=1S/C27H35N3O3/c1-2-29-15-16-30(25(31)18-27(33)12-6-3-7-13-27)20-23(26(29)32)17-21-9-4-5-11-24(21)22-10-8-14-28-19-22/h4-5,8-11,14,19,23,33H,2-3,6-7,12-13,15-18,20H2,1H3/t23-/m1/s1. The molecule has 0 radical (unpaired) electrons. The summed E-state index contributed by atoms with van der Waals surface area (Å²) in [5.41, 5.74) is 2.28. The SMILES string of the molecule is CCN1CCN(C(=O)CC2(O)CCCCC2)C[C@@H](Cc2ccccc2-c2cccnc2)C1=O. The molecule has 1 aromatic heterocycles. The second-order valence-corrected chi connectivity index (χ2v) is 9.52. The summed E-state index contributed by atoms with van der Waals surface area (Å²) in [5.74, 6) is -0.240. The maximum atomic E-state index is 13.4. The summed E-state index contributed by atoms with van der Waals surface area (Å²) in [6.07, 6.45) is 8.76. The van der Waals surface area contributed by atoms with E-state index in [0.29, 0.717) is 45.4 Å². The van der Waals surface area contributed by atoms with E-state index in [4.69, 9.17) is 0 Å². The lowest BCUT2D eigenvalue weighted by molar-refractivity contribution is -0.138. The van der Waals surface area contributed by atoms with Crippen LogP contribution in [0.15, 0.2) is 48.8 Å². The van der Waals surface area contributed by atoms with Crippen molar-refractivity contribution in [2.45, 2.75) is 57.5 Å². The van der Waals surface area contributed by atoms with Gasteiger partial charge in [-0.25, -0.2) is 0 Å². The average molecular weight is 450 g/mol. The van der Waals surface area contributed by atoms with Crippen LogP contribution in [0.3, 0.4) is 0 Å². The number of aromatic nitrogens is 1. The minimum Gasteiger partial charge on any atom is -0.389 e. The third-order valence-electron chi connectivity index (χ3n) is 7.20. The fourth-order valence-corrected chi connectivity index (χ4v) is 5.28. The molecule has 1 aromatic carbocycles. The smallest absolute Gasteiger partial charge is 0.227 e. The Balaban J connectivity index is 1.55. The highest BCUT2D eigenvalue weighted by molar-refractivity contribution is 5.83. The lowest BCUT2D eigenvalue weighted by Crippen LogP contribution is -2.43. The van der Waals surface area contributed by atoms with E-state index in [1.165, 1.54) is 0 Å². The number of amides is 2. The fraction of sp³-hybridized carbons (Fsp3) is 0.519. The summed E-state index contributed by atoms with van der Waals surface area (Å²) in [7, 11) is 0. The van der Waals surface area contributed by atoms with Gasteiger partial charge in [-0.2, -0.15) is 0 Å². The van der Waals surface area contributed by atoms with Crippen LogP contribution < -0.4 is 0 Å². The van der Waals surface area contributed by atoms with Crippen LogP contribution >= 0.6 is 0 Å². The average Bonchev–Trinajstić information content (AvgIpc) is 2.99. The Labute approximate surface area is 196 Å². The fourth-order valence-electron chi connectivity index (χ4n) is 5.28. The van der Waals surface area contributed by atoms with Gasteiger partial charge in [-0.05, 0) is 43.4 Å². The van der Waals surface area contributed by atoms with Crippen molar-refractivity contribution in [3.05, 3.63) is 54.4 Å². The minimum absolute atomic E-state index is 0.0318. The topological polar surface area (TPSA) is 73.7 Å². The van der Waals surface area contributed by atoms with Crippen LogP contribution in [0, 0.1) is 5.92 Å². The van der Waals surface area contributed by atoms with Crippen LogP contribution in [0.4, 0.5) is 0 Å². The number of aliphatic hydroxyl groups is 1. The maximum absolute atomic E-state index is 13.4. The third-order valence-corrected chi connectivity index (χ3v) is 7.20. The summed E-state index contributed by atoms with van der Waals surface area (Å²) in [6.45, 7) is 4.08. The Bertz CT molecular complexity index is 956. The van der Waals surface area contributed by atoms with Crippen molar-refractivity contribution in [1.29, 1.82) is 0 Å². The van der Waals surface area contributed by atoms with Crippen LogP contribution in [0.25, 0.3) is 11.1 Å². The molecule has 1 saturated heterocycles. The van der Waals surface area contributed by atoms with Crippen molar-refractivity contribution in [2.24, 2.45) is 5.92 Å². The predicted molar refractivity (Wildman–Crippen MR) is 128 cm³/mol. The number of hydrogen-bond acceptors (Lipinski definition) is 4. The molecule has 6 heteroatoms. The highest BCUT2D eigenvalue weighted by Gasteiger charge is 2.36. The van der Waals surface area contributed by atoms with Gasteiger partial charge in [0.1, 0.15) is 0 Å². The Morgan fingerprint density at radius 3 is 2.64 bits per heavy atom. The molecule has 2 amide bonds. The molecule has 2 aromatic rings. The van der Waals surface area contributed by atoms with Gasteiger partial charge >= 0.3 is 0 Å². The quantitative estimate of drug-likeness (QED) is 0.730. The van der Waals surface area contributed by atoms with Gasteiger partial charge in [-0.1, -0.05) is 49.6 Å². The number of hydrogen-bond donors (Lipinski definition) is 1. The number of carbonyl (C=O) groups is 2. The zero-order valence-corrected chi connectivity index (χ0v) is 19.6. The molecule has 176 valence electrons. The van der Waals surface area contributed by atoms with Crippen LogP contribution in [0.1, 0.15) is 51.0 Å². The van der Waals surface area contributed by atoms with E-state index in [0.717, 1.165) is 36.0 Å². The van der Waals surface area contributed by atoms with Crippen LogP contribution in [0.2, 0.25) is 0 Å². The molecule has 1 aliphatic heterocycles. The van der Waals surface area contributed by atoms with Crippen molar-refractivity contribution in [1.82, 2.24) is 14.8 Å². The lowest BCUT2D eigenvalue weighted by atomic mass is 9.82. The largest absolute Gasteiger partial charge is 0.389 e. The second kappa shape index (κ2) is 10.5. The van der Waals surface area contributed by atoms with Crippen molar-refractivity contribution in [3.63, 3.8) is 0 Å². The Morgan fingerprint density at radius 1 is 1.12 bits per heavy atom. The van der Waals surface area contributed by atoms with E-state index >= 15 is 0 Å². The molecule has 2 fully saturated rings. The first-order valence-electron chi connectivity index (χ1n) is 12.3. The number of benzene rings is 1. The molecule has 6 nitrogen and oxygen atoms in total. The minimum atomic E-state index is -0.890. The molecule has 2 aliphatic rings. The van der Waals surface area contributed by atoms with Gasteiger partial charge in [-0.3, -0.25) is 14.6 Å². The molecular formula is C27H35N3O3. The molecule has 1 aliphatic carbocycles. The summed E-state index contributed by atoms with van der Waals surface area (Å²) in [6, 6.07) is 12.1. The molecule has 0 bridgehead atoms. The van der Waals surface area contributed by atoms with Crippen molar-refractivity contribution in [2.75, 3.05) is 26.2 Å². The molecular weight excluding hydrogens is 414 g/mol. The molecule has 2 heterocycles. The highest BCUT2D eigenvalue weighted by Crippen LogP contribution is 2.32. The first kappa shape index (κ1) is 23.4. The number of likely N-dealkylation sites (N-methyl/N-ethyl adjacent to an activating group) is 1. The summed E-state index contributed by atoms with van der Waals surface area (Å²) in [4.78, 5) is 34.5. The van der Waals surface area contributed by atoms with Gasteiger partial charge < -0.3 is 14.9 Å². The van der Waals surface area contributed by atoms with E-state index in [9.17, 15) is 14.7 Å². The maximum Gasteiger partial charge on any atom is 0.227 e. The van der Waals surface area contributed by atoms with Gasteiger partial charge in [0.25, 0.3) is 0 Å². The van der Waals surface area contributed by atoms with Crippen LogP contribution in [-0.4, -0.2) is 63.5 Å². The van der Waals surface area contributed by atoms with E-state index < -0.39 is 5.60 Å². The van der Waals surface area contributed by atoms with E-state index in [2.05, 4.69) is 17.1 Å². The molecule has 1 N–H and O–H groups in total. The Kier molecular flexibility index (Phi) is 7.43. The van der Waals surface area contributed by atoms with Gasteiger partial charge in [0.05, 0.1) is 17.9 Å². The first-order chi connectivity index (χ1) is 16.0. The van der Waals surface area contributed by atoms with Gasteiger partial charge in [0.2, 0.25) is 11.8 Å². The number of rotatable bonds is 6. The normalized spacial score (nSPS) is 21.0. The predicted octanol–water partition coefficient (Wildman–Crippen LogP) is 3.68. The molecule has 0 unspecified atom stereocenters. The van der Waals surface area contributed by atoms with Crippen LogP contribution in [0.5, 0.6) is 0 Å². The molecule has 33 heavy (non-hydrogen) atoms. The van der Waals surface area contributed by atoms with Crippen molar-refractivity contribution < 1.29 is 14.7 Å². The monoisotopic (exact) mass is 449 g/mol. The van der Waals surface area contributed by atoms with Crippen molar-refractivity contribution in [3.8, 4) is 11.1 Å². The summed E-state index contributed by atoms with van der Waals surface area (Å²) in [5, 5.41) is 10.9. The highest BCUT2D eigenvalue weighted by atomic mass is 16.3.